The molecule has 0 radical (unpaired) electrons. The molecule has 1 saturated heterocycles. The Hall–Kier alpha value is -3.09. The molecule has 1 aliphatic rings. The summed E-state index contributed by atoms with van der Waals surface area (Å²) >= 11 is 0. The minimum atomic E-state index is -0.553. The molecule has 7 heteroatoms. The van der Waals surface area contributed by atoms with Gasteiger partial charge in [-0.2, -0.15) is 0 Å². The Kier molecular flexibility index (Phi) is 7.61. The Morgan fingerprint density at radius 2 is 1.88 bits per heavy atom. The van der Waals surface area contributed by atoms with Crippen LogP contribution < -0.4 is 4.90 Å². The lowest BCUT2D eigenvalue weighted by atomic mass is 10.0. The van der Waals surface area contributed by atoms with E-state index in [9.17, 15) is 9.59 Å². The number of hydrogen-bond acceptors (Lipinski definition) is 6. The zero-order chi connectivity index (χ0) is 24.2. The van der Waals surface area contributed by atoms with Crippen LogP contribution in [0.25, 0.3) is 11.1 Å². The zero-order valence-corrected chi connectivity index (χ0v) is 20.5. The number of nitrogens with zero attached hydrogens (tertiary/aromatic N) is 3. The summed E-state index contributed by atoms with van der Waals surface area (Å²) in [7, 11) is 0. The number of likely N-dealkylation sites (N-methyl/N-ethyl adjacent to an activating group) is 1. The SMILES string of the molecule is CCN(C(=O)OC(C)(C)C)[C@@H]1CCN(c2nccc(-c3ccccc3)c2C(=O)OC(C)C)C1. The predicted molar refractivity (Wildman–Crippen MR) is 129 cm³/mol. The van der Waals surface area contributed by atoms with Gasteiger partial charge in [-0.1, -0.05) is 30.3 Å². The number of carbonyl (C=O) groups excluding carboxylic acids is 2. The summed E-state index contributed by atoms with van der Waals surface area (Å²) in [5.74, 6) is 0.194. The topological polar surface area (TPSA) is 72.0 Å². The molecule has 1 aromatic heterocycles. The van der Waals surface area contributed by atoms with Gasteiger partial charge in [0.2, 0.25) is 0 Å². The van der Waals surface area contributed by atoms with E-state index in [1.165, 1.54) is 0 Å². The molecule has 0 bridgehead atoms. The lowest BCUT2D eigenvalue weighted by Crippen LogP contribution is -2.44. The molecular formula is C26H35N3O4. The third-order valence-electron chi connectivity index (χ3n) is 5.44. The van der Waals surface area contributed by atoms with Crippen molar-refractivity contribution in [1.82, 2.24) is 9.88 Å². The van der Waals surface area contributed by atoms with Gasteiger partial charge in [-0.3, -0.25) is 0 Å². The van der Waals surface area contributed by atoms with Gasteiger partial charge in [0.1, 0.15) is 17.0 Å². The molecule has 0 spiro atoms. The Bertz CT molecular complexity index is 969. The van der Waals surface area contributed by atoms with Crippen LogP contribution in [0.1, 0.15) is 58.3 Å². The van der Waals surface area contributed by atoms with Crippen molar-refractivity contribution in [1.29, 1.82) is 0 Å². The highest BCUT2D eigenvalue weighted by atomic mass is 16.6. The van der Waals surface area contributed by atoms with E-state index >= 15 is 0 Å². The van der Waals surface area contributed by atoms with Crippen molar-refractivity contribution < 1.29 is 19.1 Å². The standard InChI is InChI=1S/C26H35N3O4/c1-7-29(25(31)33-26(4,5)6)20-14-16-28(17-20)23-22(24(30)32-18(2)3)21(13-15-27-23)19-11-9-8-10-12-19/h8-13,15,18,20H,7,14,16-17H2,1-6H3/t20-/m1/s1. The molecule has 1 aliphatic heterocycles. The van der Waals surface area contributed by atoms with Gasteiger partial charge in [0.15, 0.2) is 0 Å². The Balaban J connectivity index is 1.93. The first-order chi connectivity index (χ1) is 15.6. The minimum Gasteiger partial charge on any atom is -0.459 e. The minimum absolute atomic E-state index is 0.0269. The van der Waals surface area contributed by atoms with Crippen LogP contribution in [0.2, 0.25) is 0 Å². The summed E-state index contributed by atoms with van der Waals surface area (Å²) < 4.78 is 11.2. The second-order valence-corrected chi connectivity index (χ2v) is 9.53. The molecular weight excluding hydrogens is 418 g/mol. The molecule has 1 atom stereocenters. The number of rotatable bonds is 6. The fourth-order valence-corrected chi connectivity index (χ4v) is 4.07. The van der Waals surface area contributed by atoms with E-state index < -0.39 is 11.6 Å². The number of amides is 1. The van der Waals surface area contributed by atoms with Crippen LogP contribution in [0.15, 0.2) is 42.6 Å². The average Bonchev–Trinajstić information content (AvgIpc) is 3.22. The molecule has 1 aromatic carbocycles. The van der Waals surface area contributed by atoms with Crippen molar-refractivity contribution in [3.63, 3.8) is 0 Å². The average molecular weight is 454 g/mol. The summed E-state index contributed by atoms with van der Waals surface area (Å²) in [4.78, 5) is 34.4. The zero-order valence-electron chi connectivity index (χ0n) is 20.5. The molecule has 178 valence electrons. The number of benzene rings is 1. The van der Waals surface area contributed by atoms with Crippen LogP contribution in [-0.4, -0.2) is 59.3 Å². The Labute approximate surface area is 196 Å². The second kappa shape index (κ2) is 10.2. The molecule has 3 rings (SSSR count). The third kappa shape index (κ3) is 6.03. The molecule has 2 aromatic rings. The van der Waals surface area contributed by atoms with Gasteiger partial charge in [0.05, 0.1) is 12.1 Å². The van der Waals surface area contributed by atoms with Gasteiger partial charge in [-0.25, -0.2) is 14.6 Å². The first kappa shape index (κ1) is 24.6. The van der Waals surface area contributed by atoms with Crippen LogP contribution in [-0.2, 0) is 9.47 Å². The van der Waals surface area contributed by atoms with Crippen molar-refractivity contribution >= 4 is 17.9 Å². The van der Waals surface area contributed by atoms with Gasteiger partial charge in [-0.15, -0.1) is 0 Å². The maximum atomic E-state index is 13.2. The summed E-state index contributed by atoms with van der Waals surface area (Å²) in [6.07, 6.45) is 1.93. The maximum absolute atomic E-state index is 13.2. The van der Waals surface area contributed by atoms with Gasteiger partial charge in [-0.05, 0) is 59.6 Å². The van der Waals surface area contributed by atoms with Gasteiger partial charge >= 0.3 is 12.1 Å². The largest absolute Gasteiger partial charge is 0.459 e. The van der Waals surface area contributed by atoms with Gasteiger partial charge < -0.3 is 19.3 Å². The van der Waals surface area contributed by atoms with Crippen molar-refractivity contribution in [2.24, 2.45) is 0 Å². The Morgan fingerprint density at radius 1 is 1.18 bits per heavy atom. The summed E-state index contributed by atoms with van der Waals surface area (Å²) in [5.41, 5.74) is 1.62. The lowest BCUT2D eigenvalue weighted by Gasteiger charge is -2.31. The first-order valence-electron chi connectivity index (χ1n) is 11.6. The van der Waals surface area contributed by atoms with Crippen LogP contribution >= 0.6 is 0 Å². The number of pyridine rings is 1. The third-order valence-corrected chi connectivity index (χ3v) is 5.44. The van der Waals surface area contributed by atoms with Crippen molar-refractivity contribution in [2.45, 2.75) is 65.7 Å². The van der Waals surface area contributed by atoms with E-state index in [1.807, 2.05) is 77.9 Å². The van der Waals surface area contributed by atoms with Crippen LogP contribution in [0.5, 0.6) is 0 Å². The van der Waals surface area contributed by atoms with Crippen molar-refractivity contribution in [3.8, 4) is 11.1 Å². The highest BCUT2D eigenvalue weighted by molar-refractivity contribution is 6.02. The summed E-state index contributed by atoms with van der Waals surface area (Å²) in [5, 5.41) is 0. The first-order valence-corrected chi connectivity index (χ1v) is 11.6. The van der Waals surface area contributed by atoms with Crippen LogP contribution in [0, 0.1) is 0 Å². The molecule has 7 nitrogen and oxygen atoms in total. The summed E-state index contributed by atoms with van der Waals surface area (Å²) in [6, 6.07) is 11.6. The van der Waals surface area contributed by atoms with E-state index in [1.54, 1.807) is 11.1 Å². The monoisotopic (exact) mass is 453 g/mol. The fourth-order valence-electron chi connectivity index (χ4n) is 4.07. The van der Waals surface area contributed by atoms with E-state index in [0.29, 0.717) is 31.0 Å². The molecule has 1 fully saturated rings. The van der Waals surface area contributed by atoms with E-state index in [0.717, 1.165) is 17.5 Å². The highest BCUT2D eigenvalue weighted by Crippen LogP contribution is 2.33. The maximum Gasteiger partial charge on any atom is 0.410 e. The normalized spacial score (nSPS) is 16.1. The van der Waals surface area contributed by atoms with Crippen molar-refractivity contribution in [3.05, 3.63) is 48.2 Å². The predicted octanol–water partition coefficient (Wildman–Crippen LogP) is 5.15. The quantitative estimate of drug-likeness (QED) is 0.563. The fraction of sp³-hybridized carbons (Fsp3) is 0.500. The molecule has 0 aliphatic carbocycles. The second-order valence-electron chi connectivity index (χ2n) is 9.53. The molecule has 0 unspecified atom stereocenters. The van der Waals surface area contributed by atoms with E-state index in [4.69, 9.17) is 9.47 Å². The Morgan fingerprint density at radius 3 is 2.48 bits per heavy atom. The van der Waals surface area contributed by atoms with Crippen LogP contribution in [0.3, 0.4) is 0 Å². The molecule has 1 amide bonds. The lowest BCUT2D eigenvalue weighted by molar-refractivity contribution is 0.0190. The molecule has 2 heterocycles. The van der Waals surface area contributed by atoms with Crippen LogP contribution in [0.4, 0.5) is 10.6 Å². The van der Waals surface area contributed by atoms with Gasteiger partial charge in [0, 0.05) is 31.4 Å². The summed E-state index contributed by atoms with van der Waals surface area (Å²) in [6.45, 7) is 13.0. The molecule has 33 heavy (non-hydrogen) atoms. The number of hydrogen-bond donors (Lipinski definition) is 0. The number of esters is 1. The number of anilines is 1. The number of aromatic nitrogens is 1. The van der Waals surface area contributed by atoms with Crippen molar-refractivity contribution in [2.75, 3.05) is 24.5 Å². The molecule has 0 N–H and O–H groups in total. The smallest absolute Gasteiger partial charge is 0.410 e. The molecule has 0 saturated carbocycles. The van der Waals surface area contributed by atoms with E-state index in [-0.39, 0.29) is 18.2 Å². The van der Waals surface area contributed by atoms with Gasteiger partial charge in [0.25, 0.3) is 0 Å². The van der Waals surface area contributed by atoms with E-state index in [2.05, 4.69) is 9.88 Å². The number of carbonyl (C=O) groups is 2. The highest BCUT2D eigenvalue weighted by Gasteiger charge is 2.35. The number of ether oxygens (including phenoxy) is 2.